The number of rotatable bonds is 11. The molecule has 0 radical (unpaired) electrons. The smallest absolute Gasteiger partial charge is 0.422 e. The van der Waals surface area contributed by atoms with Gasteiger partial charge < -0.3 is 24.2 Å². The fraction of sp³-hybridized carbons (Fsp3) is 0.526. The number of piperidine rings is 1. The van der Waals surface area contributed by atoms with Crippen LogP contribution in [0.1, 0.15) is 42.7 Å². The van der Waals surface area contributed by atoms with E-state index in [2.05, 4.69) is 37.5 Å². The van der Waals surface area contributed by atoms with E-state index in [1.165, 1.54) is 4.90 Å². The number of halogens is 4. The number of amides is 1. The van der Waals surface area contributed by atoms with Crippen molar-refractivity contribution in [3.05, 3.63) is 47.9 Å². The van der Waals surface area contributed by atoms with Gasteiger partial charge in [-0.25, -0.2) is 9.37 Å². The normalized spacial score (nSPS) is 19.0. The fourth-order valence-corrected chi connectivity index (χ4v) is 8.24. The maximum Gasteiger partial charge on any atom is 0.422 e. The van der Waals surface area contributed by atoms with E-state index < -0.39 is 24.5 Å². The largest absolute Gasteiger partial charge is 0.481 e. The van der Waals surface area contributed by atoms with E-state index in [4.69, 9.17) is 19.4 Å². The van der Waals surface area contributed by atoms with Crippen LogP contribution in [0, 0.1) is 12.3 Å². The lowest BCUT2D eigenvalue weighted by molar-refractivity contribution is -0.153. The van der Waals surface area contributed by atoms with Gasteiger partial charge in [0.2, 0.25) is 5.95 Å². The minimum atomic E-state index is -4.58. The molecule has 1 spiro atoms. The van der Waals surface area contributed by atoms with E-state index in [-0.39, 0.29) is 23.1 Å². The molecule has 8 rings (SSSR count). The zero-order chi connectivity index (χ0) is 37.2. The number of benzene rings is 2. The number of nitrogens with zero attached hydrogens (tertiary/aromatic N) is 7. The second-order valence-corrected chi connectivity index (χ2v) is 15.3. The van der Waals surface area contributed by atoms with E-state index in [0.29, 0.717) is 74.1 Å². The zero-order valence-corrected chi connectivity index (χ0v) is 30.2. The molecule has 53 heavy (non-hydrogen) atoms. The molecule has 4 fully saturated rings. The number of aromatic nitrogens is 4. The van der Waals surface area contributed by atoms with Gasteiger partial charge in [0.25, 0.3) is 5.91 Å². The molecular formula is C38H44F4N8O3. The van der Waals surface area contributed by atoms with Crippen molar-refractivity contribution in [1.29, 1.82) is 0 Å². The Morgan fingerprint density at radius 2 is 1.83 bits per heavy atom. The number of nitrogens with one attached hydrogen (secondary N) is 1. The summed E-state index contributed by atoms with van der Waals surface area (Å²) in [6.07, 6.45) is 0.443. The zero-order valence-electron chi connectivity index (χ0n) is 30.2. The van der Waals surface area contributed by atoms with Gasteiger partial charge in [-0.2, -0.15) is 23.3 Å². The van der Waals surface area contributed by atoms with Crippen molar-refractivity contribution in [3.8, 4) is 16.9 Å². The summed E-state index contributed by atoms with van der Waals surface area (Å²) < 4.78 is 67.0. The van der Waals surface area contributed by atoms with Crippen LogP contribution in [-0.4, -0.2) is 121 Å². The minimum absolute atomic E-state index is 0.103. The average molecular weight is 737 g/mol. The van der Waals surface area contributed by atoms with Gasteiger partial charge in [0.1, 0.15) is 11.3 Å². The highest BCUT2D eigenvalue weighted by Gasteiger charge is 2.48. The number of carbonyl (C=O) groups excluding carboxylic acids is 1. The van der Waals surface area contributed by atoms with Crippen LogP contribution in [0.25, 0.3) is 32.9 Å². The molecule has 0 bridgehead atoms. The van der Waals surface area contributed by atoms with Crippen LogP contribution in [-0.2, 0) is 9.53 Å². The third kappa shape index (κ3) is 6.66. The van der Waals surface area contributed by atoms with Crippen LogP contribution in [0.3, 0.4) is 0 Å². The number of carbonyl (C=O) groups is 1. The molecule has 1 N–H and O–H groups in total. The van der Waals surface area contributed by atoms with Crippen molar-refractivity contribution in [2.24, 2.45) is 5.41 Å². The topological polar surface area (TPSA) is 103 Å². The van der Waals surface area contributed by atoms with Gasteiger partial charge in [-0.15, -0.1) is 0 Å². The molecule has 0 unspecified atom stereocenters. The van der Waals surface area contributed by atoms with Crippen LogP contribution in [0.4, 0.5) is 29.3 Å². The molecule has 2 aromatic carbocycles. The number of hydrogen-bond acceptors (Lipinski definition) is 9. The maximum atomic E-state index is 14.1. The molecular weight excluding hydrogens is 692 g/mol. The van der Waals surface area contributed by atoms with E-state index in [9.17, 15) is 22.4 Å². The van der Waals surface area contributed by atoms with Gasteiger partial charge in [0.15, 0.2) is 18.2 Å². The van der Waals surface area contributed by atoms with E-state index in [1.54, 1.807) is 13.3 Å². The van der Waals surface area contributed by atoms with Gasteiger partial charge in [-0.3, -0.25) is 14.8 Å². The predicted molar refractivity (Wildman–Crippen MR) is 194 cm³/mol. The van der Waals surface area contributed by atoms with E-state index >= 15 is 0 Å². The number of aryl methyl sites for hydroxylation is 1. The van der Waals surface area contributed by atoms with Crippen molar-refractivity contribution < 1.29 is 31.8 Å². The van der Waals surface area contributed by atoms with Crippen LogP contribution in [0.2, 0.25) is 0 Å². The van der Waals surface area contributed by atoms with Crippen LogP contribution >= 0.6 is 0 Å². The molecule has 4 aromatic rings. The van der Waals surface area contributed by atoms with Crippen molar-refractivity contribution in [3.63, 3.8) is 0 Å². The monoisotopic (exact) mass is 736 g/mol. The molecule has 11 nitrogen and oxygen atoms in total. The van der Waals surface area contributed by atoms with Crippen LogP contribution in [0.5, 0.6) is 5.75 Å². The Morgan fingerprint density at radius 3 is 2.49 bits per heavy atom. The number of likely N-dealkylation sites (N-methyl/N-ethyl adjacent to an activating group) is 1. The third-order valence-corrected chi connectivity index (χ3v) is 11.5. The summed E-state index contributed by atoms with van der Waals surface area (Å²) in [7, 11) is 3.72. The number of anilines is 2. The molecule has 4 aliphatic rings. The van der Waals surface area contributed by atoms with Crippen LogP contribution in [0.15, 0.2) is 36.8 Å². The first-order chi connectivity index (χ1) is 25.3. The van der Waals surface area contributed by atoms with Gasteiger partial charge in [0, 0.05) is 80.7 Å². The Labute approximate surface area is 304 Å². The number of H-pyrrole nitrogens is 1. The van der Waals surface area contributed by atoms with E-state index in [0.717, 1.165) is 59.8 Å². The highest BCUT2D eigenvalue weighted by Crippen LogP contribution is 2.53. The fourth-order valence-electron chi connectivity index (χ4n) is 8.24. The van der Waals surface area contributed by atoms with E-state index in [1.807, 2.05) is 26.1 Å². The predicted octanol–water partition coefficient (Wildman–Crippen LogP) is 5.98. The first kappa shape index (κ1) is 35.5. The Kier molecular flexibility index (Phi) is 8.99. The molecule has 1 saturated carbocycles. The molecule has 3 aliphatic heterocycles. The lowest BCUT2D eigenvalue weighted by Crippen LogP contribution is -2.62. The number of methoxy groups -OCH3 is 1. The quantitative estimate of drug-likeness (QED) is 0.147. The van der Waals surface area contributed by atoms with Crippen molar-refractivity contribution in [2.45, 2.75) is 50.7 Å². The summed E-state index contributed by atoms with van der Waals surface area (Å²) in [5.74, 6) is -0.282. The molecule has 15 heteroatoms. The molecule has 1 amide bonds. The standard InChI is InChI=1S/C38H44F4N8O3/c1-22-5-8-29-28(16-43-46-29)30(22)31-26(24-6-7-24)15-27-32(33(31)53-21-38(40,41)42)44-36(49-17-25(18-49)47(3)13-14-52-4)45-34(27)48-11-9-37(10-12-48)19-50(20-37)35(51)23(2)39/h5,8,15-16,24-25H,2,6-7,9-14,17-21H2,1,3-4H3,(H,43,46). The highest BCUT2D eigenvalue weighted by molar-refractivity contribution is 6.06. The Bertz CT molecular complexity index is 2060. The maximum absolute atomic E-state index is 14.1. The van der Waals surface area contributed by atoms with Gasteiger partial charge in [0.05, 0.1) is 18.3 Å². The van der Waals surface area contributed by atoms with Gasteiger partial charge in [-0.05, 0) is 74.4 Å². The molecule has 5 heterocycles. The summed E-state index contributed by atoms with van der Waals surface area (Å²) in [6, 6.07) is 6.19. The number of likely N-dealkylation sites (tertiary alicyclic amines) is 1. The first-order valence-electron chi connectivity index (χ1n) is 18.2. The number of fused-ring (bicyclic) bond motifs is 2. The number of alkyl halides is 3. The SMILES string of the molecule is C=C(F)C(=O)N1CC2(CCN(c3nc(N4CC(N(C)CCOC)C4)nc4c(OCC(F)(F)F)c(-c5c(C)ccc6[nH]ncc56)c(C5CC5)cc34)CC2)C1. The number of ether oxygens (including phenoxy) is 2. The Hall–Kier alpha value is -4.50. The molecule has 3 saturated heterocycles. The van der Waals surface area contributed by atoms with Gasteiger partial charge in [-0.1, -0.05) is 12.6 Å². The summed E-state index contributed by atoms with van der Waals surface area (Å²) in [4.78, 5) is 30.4. The Balaban J connectivity index is 1.25. The summed E-state index contributed by atoms with van der Waals surface area (Å²) in [5.41, 5.74) is 4.20. The number of aromatic amines is 1. The third-order valence-electron chi connectivity index (χ3n) is 11.5. The summed E-state index contributed by atoms with van der Waals surface area (Å²) in [6.45, 7) is 8.46. The van der Waals surface area contributed by atoms with Gasteiger partial charge >= 0.3 is 6.18 Å². The molecule has 282 valence electrons. The Morgan fingerprint density at radius 1 is 1.09 bits per heavy atom. The lowest BCUT2D eigenvalue weighted by atomic mass is 9.72. The average Bonchev–Trinajstić information content (AvgIpc) is 3.83. The second kappa shape index (κ2) is 13.4. The molecule has 2 aromatic heterocycles. The van der Waals surface area contributed by atoms with Crippen molar-refractivity contribution >= 4 is 39.5 Å². The van der Waals surface area contributed by atoms with Crippen molar-refractivity contribution in [2.75, 3.05) is 83.0 Å². The highest BCUT2D eigenvalue weighted by atomic mass is 19.4. The summed E-state index contributed by atoms with van der Waals surface area (Å²) in [5, 5.41) is 8.74. The summed E-state index contributed by atoms with van der Waals surface area (Å²) >= 11 is 0. The lowest BCUT2D eigenvalue weighted by Gasteiger charge is -2.54. The minimum Gasteiger partial charge on any atom is -0.481 e. The van der Waals surface area contributed by atoms with Crippen LogP contribution < -0.4 is 14.5 Å². The van der Waals surface area contributed by atoms with Crippen molar-refractivity contribution in [1.82, 2.24) is 30.0 Å². The molecule has 1 aliphatic carbocycles. The first-order valence-corrected chi connectivity index (χ1v) is 18.2. The number of hydrogen-bond donors (Lipinski definition) is 1. The molecule has 0 atom stereocenters. The second-order valence-electron chi connectivity index (χ2n) is 15.3.